The first-order valence-corrected chi connectivity index (χ1v) is 8.67. The Kier molecular flexibility index (Phi) is 11.0. The number of esters is 2. The molecule has 4 nitrogen and oxygen atoms in total. The first-order valence-electron chi connectivity index (χ1n) is 8.13. The molecule has 0 bridgehead atoms. The number of hydrogen-bond donors (Lipinski definition) is 0. The zero-order valence-electron chi connectivity index (χ0n) is 13.5. The Morgan fingerprint density at radius 2 is 1.30 bits per heavy atom. The summed E-state index contributed by atoms with van der Waals surface area (Å²) >= 11 is 5.30. The van der Waals surface area contributed by atoms with E-state index in [9.17, 15) is 9.59 Å². The molecule has 23 heavy (non-hydrogen) atoms. The number of alkyl halides is 1. The van der Waals surface area contributed by atoms with E-state index in [4.69, 9.17) is 16.3 Å². The van der Waals surface area contributed by atoms with Crippen molar-refractivity contribution >= 4 is 23.5 Å². The summed E-state index contributed by atoms with van der Waals surface area (Å²) in [4.78, 5) is 22.7. The molecular formula is C18H25ClO4. The summed E-state index contributed by atoms with van der Waals surface area (Å²) in [6.45, 7) is 0.345. The maximum absolute atomic E-state index is 11.6. The number of carbonyl (C=O) groups is 2. The minimum absolute atomic E-state index is 0.0702. The van der Waals surface area contributed by atoms with Crippen molar-refractivity contribution in [3.63, 3.8) is 0 Å². The van der Waals surface area contributed by atoms with E-state index in [0.29, 0.717) is 19.4 Å². The van der Waals surface area contributed by atoms with Gasteiger partial charge in [0.25, 0.3) is 0 Å². The van der Waals surface area contributed by atoms with Crippen molar-refractivity contribution in [2.45, 2.75) is 58.0 Å². The molecule has 0 saturated carbocycles. The number of unbranched alkanes of at least 4 members (excludes halogenated alkanes) is 5. The van der Waals surface area contributed by atoms with E-state index in [1.807, 2.05) is 30.3 Å². The average molecular weight is 341 g/mol. The van der Waals surface area contributed by atoms with E-state index in [0.717, 1.165) is 44.1 Å². The zero-order chi connectivity index (χ0) is 16.8. The van der Waals surface area contributed by atoms with Crippen LogP contribution in [0.25, 0.3) is 0 Å². The Bertz CT molecular complexity index is 448. The Balaban J connectivity index is 1.90. The Morgan fingerprint density at radius 3 is 1.87 bits per heavy atom. The van der Waals surface area contributed by atoms with Gasteiger partial charge in [0.1, 0.15) is 6.61 Å². The summed E-state index contributed by atoms with van der Waals surface area (Å²) in [5, 5.41) is 0. The maximum Gasteiger partial charge on any atom is 0.306 e. The van der Waals surface area contributed by atoms with Crippen molar-refractivity contribution in [3.8, 4) is 0 Å². The monoisotopic (exact) mass is 340 g/mol. The predicted octanol–water partition coefficient (Wildman–Crippen LogP) is 4.59. The van der Waals surface area contributed by atoms with Gasteiger partial charge >= 0.3 is 11.9 Å². The average Bonchev–Trinajstić information content (AvgIpc) is 2.56. The highest BCUT2D eigenvalue weighted by molar-refractivity contribution is 6.17. The molecule has 0 aliphatic rings. The second-order valence-corrected chi connectivity index (χ2v) is 5.61. The number of benzene rings is 1. The highest BCUT2D eigenvalue weighted by Crippen LogP contribution is 2.10. The van der Waals surface area contributed by atoms with Gasteiger partial charge in [-0.25, -0.2) is 0 Å². The third-order valence-electron chi connectivity index (χ3n) is 3.47. The molecule has 0 atom stereocenters. The lowest BCUT2D eigenvalue weighted by molar-refractivity contribution is -0.145. The van der Waals surface area contributed by atoms with Crippen LogP contribution in [0.2, 0.25) is 0 Å². The largest absolute Gasteiger partial charge is 0.461 e. The van der Waals surface area contributed by atoms with E-state index in [1.165, 1.54) is 0 Å². The molecule has 128 valence electrons. The number of ether oxygens (including phenoxy) is 2. The van der Waals surface area contributed by atoms with E-state index < -0.39 is 0 Å². The van der Waals surface area contributed by atoms with E-state index in [2.05, 4.69) is 4.74 Å². The normalized spacial score (nSPS) is 10.3. The molecule has 1 rings (SSSR count). The molecule has 0 fully saturated rings. The lowest BCUT2D eigenvalue weighted by Gasteiger charge is -2.05. The minimum Gasteiger partial charge on any atom is -0.461 e. The second kappa shape index (κ2) is 12.9. The van der Waals surface area contributed by atoms with Crippen LogP contribution in [-0.2, 0) is 25.7 Å². The molecular weight excluding hydrogens is 316 g/mol. The molecule has 0 radical (unpaired) electrons. The van der Waals surface area contributed by atoms with Crippen molar-refractivity contribution in [1.29, 1.82) is 0 Å². The lowest BCUT2D eigenvalue weighted by atomic mass is 10.1. The van der Waals surface area contributed by atoms with Crippen LogP contribution in [-0.4, -0.2) is 18.0 Å². The molecule has 0 aliphatic heterocycles. The molecule has 0 saturated heterocycles. The molecule has 0 N–H and O–H groups in total. The number of rotatable bonds is 12. The van der Waals surface area contributed by atoms with E-state index in [1.54, 1.807) is 0 Å². The van der Waals surface area contributed by atoms with Crippen LogP contribution in [0.1, 0.15) is 56.9 Å². The van der Waals surface area contributed by atoms with Crippen LogP contribution in [0, 0.1) is 0 Å². The second-order valence-electron chi connectivity index (χ2n) is 5.39. The molecule has 1 aromatic rings. The fraction of sp³-hybridized carbons (Fsp3) is 0.556. The SMILES string of the molecule is O=C(CCCCCCCCC(=O)OCc1ccccc1)OCCl. The maximum atomic E-state index is 11.6. The van der Waals surface area contributed by atoms with Crippen LogP contribution in [0.5, 0.6) is 0 Å². The number of halogens is 1. The zero-order valence-corrected chi connectivity index (χ0v) is 14.2. The first-order chi connectivity index (χ1) is 11.2. The Labute approximate surface area is 143 Å². The summed E-state index contributed by atoms with van der Waals surface area (Å²) in [6.07, 6.45) is 6.70. The van der Waals surface area contributed by atoms with Crippen molar-refractivity contribution in [2.75, 3.05) is 6.07 Å². The lowest BCUT2D eigenvalue weighted by Crippen LogP contribution is -2.04. The summed E-state index contributed by atoms with van der Waals surface area (Å²) in [5.41, 5.74) is 1.01. The summed E-state index contributed by atoms with van der Waals surface area (Å²) in [6, 6.07) is 9.61. The summed E-state index contributed by atoms with van der Waals surface area (Å²) in [5.74, 6) is -0.376. The highest BCUT2D eigenvalue weighted by Gasteiger charge is 2.04. The summed E-state index contributed by atoms with van der Waals surface area (Å²) in [7, 11) is 0. The molecule has 0 amide bonds. The quantitative estimate of drug-likeness (QED) is 0.317. The van der Waals surface area contributed by atoms with Crippen molar-refractivity contribution in [2.24, 2.45) is 0 Å². The topological polar surface area (TPSA) is 52.6 Å². The van der Waals surface area contributed by atoms with Crippen molar-refractivity contribution in [1.82, 2.24) is 0 Å². The molecule has 5 heteroatoms. The van der Waals surface area contributed by atoms with E-state index in [-0.39, 0.29) is 18.0 Å². The fourth-order valence-electron chi connectivity index (χ4n) is 2.19. The molecule has 0 aromatic heterocycles. The summed E-state index contributed by atoms with van der Waals surface area (Å²) < 4.78 is 9.86. The van der Waals surface area contributed by atoms with Gasteiger partial charge in [-0.05, 0) is 18.4 Å². The van der Waals surface area contributed by atoms with Crippen molar-refractivity contribution < 1.29 is 19.1 Å². The van der Waals surface area contributed by atoms with Gasteiger partial charge in [0.05, 0.1) is 0 Å². The number of hydrogen-bond acceptors (Lipinski definition) is 4. The van der Waals surface area contributed by atoms with Gasteiger partial charge in [-0.2, -0.15) is 0 Å². The third-order valence-corrected chi connectivity index (χ3v) is 3.58. The molecule has 0 spiro atoms. The van der Waals surface area contributed by atoms with Gasteiger partial charge in [0.2, 0.25) is 0 Å². The van der Waals surface area contributed by atoms with Gasteiger partial charge in [0.15, 0.2) is 6.07 Å². The predicted molar refractivity (Wildman–Crippen MR) is 90.0 cm³/mol. The molecule has 0 aliphatic carbocycles. The third kappa shape index (κ3) is 10.7. The Morgan fingerprint density at radius 1 is 0.783 bits per heavy atom. The van der Waals surface area contributed by atoms with Gasteiger partial charge in [-0.15, -0.1) is 0 Å². The van der Waals surface area contributed by atoms with Gasteiger partial charge in [-0.3, -0.25) is 9.59 Å². The Hall–Kier alpha value is -1.55. The fourth-order valence-corrected chi connectivity index (χ4v) is 2.31. The van der Waals surface area contributed by atoms with Crippen LogP contribution in [0.3, 0.4) is 0 Å². The highest BCUT2D eigenvalue weighted by atomic mass is 35.5. The van der Waals surface area contributed by atoms with Crippen LogP contribution in [0.4, 0.5) is 0 Å². The smallest absolute Gasteiger partial charge is 0.306 e. The van der Waals surface area contributed by atoms with Gasteiger partial charge < -0.3 is 9.47 Å². The number of carbonyl (C=O) groups excluding carboxylic acids is 2. The molecule has 0 heterocycles. The minimum atomic E-state index is -0.235. The van der Waals surface area contributed by atoms with Gasteiger partial charge in [-0.1, -0.05) is 67.6 Å². The van der Waals surface area contributed by atoms with Crippen molar-refractivity contribution in [3.05, 3.63) is 35.9 Å². The molecule has 0 unspecified atom stereocenters. The van der Waals surface area contributed by atoms with Crippen LogP contribution >= 0.6 is 11.6 Å². The van der Waals surface area contributed by atoms with Crippen LogP contribution < -0.4 is 0 Å². The van der Waals surface area contributed by atoms with E-state index >= 15 is 0 Å². The van der Waals surface area contributed by atoms with Gasteiger partial charge in [0, 0.05) is 12.8 Å². The molecule has 1 aromatic carbocycles. The standard InChI is InChI=1S/C18H25ClO4/c19-15-23-18(21)13-9-4-2-1-3-8-12-17(20)22-14-16-10-6-5-7-11-16/h5-7,10-11H,1-4,8-9,12-15H2. The first kappa shape index (κ1) is 19.5. The van der Waals surface area contributed by atoms with Crippen LogP contribution in [0.15, 0.2) is 30.3 Å².